The van der Waals surface area contributed by atoms with Crippen LogP contribution in [0.3, 0.4) is 0 Å². The fraction of sp³-hybridized carbons (Fsp3) is 0.333. The maximum absolute atomic E-state index is 12.7. The van der Waals surface area contributed by atoms with E-state index in [1.807, 2.05) is 22.6 Å². The summed E-state index contributed by atoms with van der Waals surface area (Å²) in [5, 5.41) is 0. The van der Waals surface area contributed by atoms with E-state index in [2.05, 4.69) is 9.72 Å². The molecule has 0 saturated heterocycles. The van der Waals surface area contributed by atoms with Crippen LogP contribution in [0.1, 0.15) is 28.2 Å². The average molecular weight is 362 g/mol. The van der Waals surface area contributed by atoms with E-state index in [9.17, 15) is 13.6 Å². The van der Waals surface area contributed by atoms with Gasteiger partial charge in [-0.15, -0.1) is 11.6 Å². The molecule has 1 heterocycles. The van der Waals surface area contributed by atoms with Crippen LogP contribution in [0, 0.1) is 3.57 Å². The zero-order valence-corrected chi connectivity index (χ0v) is 11.1. The Labute approximate surface area is 109 Å². The third-order valence-corrected chi connectivity index (χ3v) is 3.00. The molecule has 0 aromatic carbocycles. The van der Waals surface area contributed by atoms with Crippen molar-refractivity contribution in [2.45, 2.75) is 12.3 Å². The van der Waals surface area contributed by atoms with Crippen molar-refractivity contribution in [3.63, 3.8) is 0 Å². The molecule has 88 valence electrons. The Kier molecular flexibility index (Phi) is 4.85. The first-order valence-corrected chi connectivity index (χ1v) is 5.74. The molecular formula is C9H7ClF2INO2. The average Bonchev–Trinajstić information content (AvgIpc) is 2.27. The Morgan fingerprint density at radius 3 is 2.75 bits per heavy atom. The molecule has 0 atom stereocenters. The first kappa shape index (κ1) is 13.6. The monoisotopic (exact) mass is 361 g/mol. The summed E-state index contributed by atoms with van der Waals surface area (Å²) in [6, 6.07) is 1.30. The Morgan fingerprint density at radius 2 is 2.31 bits per heavy atom. The van der Waals surface area contributed by atoms with E-state index in [-0.39, 0.29) is 11.4 Å². The van der Waals surface area contributed by atoms with Crippen LogP contribution >= 0.6 is 34.2 Å². The third-order valence-electron chi connectivity index (χ3n) is 1.82. The molecule has 1 aromatic rings. The fourth-order valence-corrected chi connectivity index (χ4v) is 2.13. The number of carbonyl (C=O) groups excluding carboxylic acids is 1. The molecule has 1 rings (SSSR count). The summed E-state index contributed by atoms with van der Waals surface area (Å²) in [5.41, 5.74) is -0.496. The molecule has 16 heavy (non-hydrogen) atoms. The molecule has 0 aliphatic rings. The van der Waals surface area contributed by atoms with Crippen molar-refractivity contribution < 1.29 is 18.3 Å². The highest BCUT2D eigenvalue weighted by Crippen LogP contribution is 2.25. The van der Waals surface area contributed by atoms with Crippen LogP contribution in [0.4, 0.5) is 8.78 Å². The van der Waals surface area contributed by atoms with Gasteiger partial charge in [0.2, 0.25) is 0 Å². The van der Waals surface area contributed by atoms with Gasteiger partial charge in [-0.25, -0.2) is 18.6 Å². The van der Waals surface area contributed by atoms with E-state index < -0.39 is 18.1 Å². The Bertz CT molecular complexity index is 415. The number of pyridine rings is 1. The number of esters is 1. The van der Waals surface area contributed by atoms with E-state index in [0.29, 0.717) is 9.26 Å². The number of nitrogens with zero attached hydrogens (tertiary/aromatic N) is 1. The third kappa shape index (κ3) is 2.79. The van der Waals surface area contributed by atoms with Crippen molar-refractivity contribution in [1.82, 2.24) is 4.98 Å². The zero-order chi connectivity index (χ0) is 12.3. The maximum Gasteiger partial charge on any atom is 0.339 e. The van der Waals surface area contributed by atoms with E-state index in [1.54, 1.807) is 0 Å². The lowest BCUT2D eigenvalue weighted by molar-refractivity contribution is 0.0587. The number of ether oxygens (including phenoxy) is 1. The quantitative estimate of drug-likeness (QED) is 0.472. The molecule has 0 N–H and O–H groups in total. The first-order chi connectivity index (χ1) is 7.51. The van der Waals surface area contributed by atoms with Crippen LogP contribution in [0.15, 0.2) is 6.07 Å². The lowest BCUT2D eigenvalue weighted by Crippen LogP contribution is -2.10. The van der Waals surface area contributed by atoms with Gasteiger partial charge in [-0.3, -0.25) is 0 Å². The SMILES string of the molecule is COC(=O)c1cc(I)c(CCl)nc1C(F)F. The molecule has 0 spiro atoms. The van der Waals surface area contributed by atoms with Crippen LogP contribution in [-0.2, 0) is 10.6 Å². The number of hydrogen-bond acceptors (Lipinski definition) is 3. The van der Waals surface area contributed by atoms with Crippen LogP contribution in [-0.4, -0.2) is 18.1 Å². The van der Waals surface area contributed by atoms with Gasteiger partial charge in [0.1, 0.15) is 5.69 Å². The summed E-state index contributed by atoms with van der Waals surface area (Å²) >= 11 is 7.42. The molecule has 7 heteroatoms. The molecule has 0 saturated carbocycles. The number of methoxy groups -OCH3 is 1. The van der Waals surface area contributed by atoms with Gasteiger partial charge in [0.15, 0.2) is 0 Å². The molecule has 0 fully saturated rings. The molecular weight excluding hydrogens is 354 g/mol. The normalized spacial score (nSPS) is 10.6. The van der Waals surface area contributed by atoms with Gasteiger partial charge in [0.05, 0.1) is 24.2 Å². The van der Waals surface area contributed by atoms with Crippen molar-refractivity contribution in [2.75, 3.05) is 7.11 Å². The first-order valence-electron chi connectivity index (χ1n) is 4.13. The minimum absolute atomic E-state index is 0.0133. The molecule has 0 aliphatic heterocycles. The predicted octanol–water partition coefficient (Wildman–Crippen LogP) is 3.15. The summed E-state index contributed by atoms with van der Waals surface area (Å²) in [4.78, 5) is 14.9. The van der Waals surface area contributed by atoms with Crippen molar-refractivity contribution in [3.05, 3.63) is 26.6 Å². The van der Waals surface area contributed by atoms with Gasteiger partial charge in [0.25, 0.3) is 6.43 Å². The molecule has 0 amide bonds. The Hall–Kier alpha value is -0.500. The number of alkyl halides is 3. The van der Waals surface area contributed by atoms with Crippen LogP contribution in [0.5, 0.6) is 0 Å². The molecule has 0 aliphatic carbocycles. The van der Waals surface area contributed by atoms with Crippen molar-refractivity contribution in [1.29, 1.82) is 0 Å². The van der Waals surface area contributed by atoms with Gasteiger partial charge >= 0.3 is 5.97 Å². The smallest absolute Gasteiger partial charge is 0.339 e. The summed E-state index contributed by atoms with van der Waals surface area (Å²) in [7, 11) is 1.12. The Balaban J connectivity index is 3.36. The summed E-state index contributed by atoms with van der Waals surface area (Å²) in [6.07, 6.45) is -2.84. The minimum atomic E-state index is -2.84. The summed E-state index contributed by atoms with van der Waals surface area (Å²) < 4.78 is 30.3. The van der Waals surface area contributed by atoms with E-state index in [1.165, 1.54) is 6.07 Å². The minimum Gasteiger partial charge on any atom is -0.465 e. The highest BCUT2D eigenvalue weighted by atomic mass is 127. The second kappa shape index (κ2) is 5.72. The van der Waals surface area contributed by atoms with E-state index in [4.69, 9.17) is 11.6 Å². The molecule has 1 aromatic heterocycles. The van der Waals surface area contributed by atoms with Crippen LogP contribution in [0.2, 0.25) is 0 Å². The zero-order valence-electron chi connectivity index (χ0n) is 8.14. The summed E-state index contributed by atoms with van der Waals surface area (Å²) in [5.74, 6) is -0.818. The number of rotatable bonds is 3. The van der Waals surface area contributed by atoms with Crippen molar-refractivity contribution in [2.24, 2.45) is 0 Å². The standard InChI is InChI=1S/C9H7ClF2INO2/c1-16-9(15)4-2-5(13)6(3-10)14-7(4)8(11)12/h2,8H,3H2,1H3. The number of hydrogen-bond donors (Lipinski definition) is 0. The number of carbonyl (C=O) groups is 1. The summed E-state index contributed by atoms with van der Waals surface area (Å²) in [6.45, 7) is 0. The fourth-order valence-electron chi connectivity index (χ4n) is 1.08. The second-order valence-corrected chi connectivity index (χ2v) is 4.21. The highest BCUT2D eigenvalue weighted by molar-refractivity contribution is 14.1. The number of halogens is 4. The molecule has 0 bridgehead atoms. The van der Waals surface area contributed by atoms with Gasteiger partial charge < -0.3 is 4.74 Å². The number of aromatic nitrogens is 1. The van der Waals surface area contributed by atoms with Gasteiger partial charge in [-0.05, 0) is 28.7 Å². The lowest BCUT2D eigenvalue weighted by atomic mass is 10.2. The maximum atomic E-state index is 12.7. The van der Waals surface area contributed by atoms with Crippen LogP contribution < -0.4 is 0 Å². The lowest BCUT2D eigenvalue weighted by Gasteiger charge is -2.09. The van der Waals surface area contributed by atoms with Crippen molar-refractivity contribution in [3.8, 4) is 0 Å². The molecule has 0 unspecified atom stereocenters. The molecule has 0 radical (unpaired) electrons. The van der Waals surface area contributed by atoms with E-state index in [0.717, 1.165) is 7.11 Å². The van der Waals surface area contributed by atoms with E-state index >= 15 is 0 Å². The van der Waals surface area contributed by atoms with Gasteiger partial charge in [-0.1, -0.05) is 0 Å². The Morgan fingerprint density at radius 1 is 1.69 bits per heavy atom. The van der Waals surface area contributed by atoms with Gasteiger partial charge in [0, 0.05) is 3.57 Å². The van der Waals surface area contributed by atoms with Gasteiger partial charge in [-0.2, -0.15) is 0 Å². The largest absolute Gasteiger partial charge is 0.465 e. The van der Waals surface area contributed by atoms with Crippen molar-refractivity contribution >= 4 is 40.2 Å². The second-order valence-electron chi connectivity index (χ2n) is 2.78. The molecule has 3 nitrogen and oxygen atoms in total. The predicted molar refractivity (Wildman–Crippen MR) is 62.8 cm³/mol. The van der Waals surface area contributed by atoms with Crippen LogP contribution in [0.25, 0.3) is 0 Å². The topological polar surface area (TPSA) is 39.2 Å². The highest BCUT2D eigenvalue weighted by Gasteiger charge is 2.22.